The van der Waals surface area contributed by atoms with Gasteiger partial charge in [-0.3, -0.25) is 4.79 Å². The molecule has 13 nitrogen and oxygen atoms in total. The third-order valence-electron chi connectivity index (χ3n) is 13.7. The van der Waals surface area contributed by atoms with Gasteiger partial charge in [-0.2, -0.15) is 0 Å². The Labute approximate surface area is 399 Å². The van der Waals surface area contributed by atoms with Crippen molar-refractivity contribution in [3.63, 3.8) is 0 Å². The van der Waals surface area contributed by atoms with Crippen molar-refractivity contribution in [2.24, 2.45) is 5.92 Å². The molecule has 1 saturated carbocycles. The minimum atomic E-state index is -1.87. The molecule has 6 heterocycles. The van der Waals surface area contributed by atoms with Crippen LogP contribution in [-0.2, 0) is 47.2 Å². The summed E-state index contributed by atoms with van der Waals surface area (Å²) in [5.41, 5.74) is 3.94. The van der Waals surface area contributed by atoms with Crippen molar-refractivity contribution in [3.05, 3.63) is 106 Å². The molecule has 0 N–H and O–H groups in total. The number of nitrogens with zero attached hydrogens (tertiary/aromatic N) is 4. The lowest BCUT2D eigenvalue weighted by atomic mass is 9.82. The summed E-state index contributed by atoms with van der Waals surface area (Å²) in [6.07, 6.45) is 8.51. The van der Waals surface area contributed by atoms with E-state index in [4.69, 9.17) is 28.7 Å². The number of aromatic nitrogens is 4. The van der Waals surface area contributed by atoms with Gasteiger partial charge in [-0.15, -0.1) is 0 Å². The number of para-hydroxylation sites is 1. The Morgan fingerprint density at radius 1 is 0.955 bits per heavy atom. The molecule has 0 saturated heterocycles. The number of fused-ring (bicyclic) bond motifs is 8. The maximum atomic E-state index is 14.0. The molecular formula is C52H60N4O9S2. The van der Waals surface area contributed by atoms with Gasteiger partial charge in [0.2, 0.25) is 5.60 Å². The maximum absolute atomic E-state index is 14.0. The zero-order valence-electron chi connectivity index (χ0n) is 39.4. The van der Waals surface area contributed by atoms with Gasteiger partial charge in [0.05, 0.1) is 53.3 Å². The van der Waals surface area contributed by atoms with Crippen LogP contribution in [0.5, 0.6) is 0 Å². The second-order valence-electron chi connectivity index (χ2n) is 19.9. The van der Waals surface area contributed by atoms with Crippen LogP contribution >= 0.6 is 21.6 Å². The Kier molecular flexibility index (Phi) is 13.0. The van der Waals surface area contributed by atoms with Gasteiger partial charge in [-0.05, 0) is 90.0 Å². The standard InChI is InChI=1S/C52H60N4O9S2/c1-8-52(39-24-42-45-35(23-34-18-12-15-21-40(34)54-45)27-55(42)46(57)38(39)28-61-47(52)58)65-48(59)62-31(2)22-32(3)66-67-51(6,7)29-50(4,5)64-49(60)63-44(33-16-10-9-11-17-33)25-41-36-19-13-14-20-37(36)43-26-53-30-56(41)43/h12-15,18-21,23-24,26,30-33,41,44H,8-11,16-17,22,25,27-29H2,1-7H3/t31?,32?,41?,44?,52-/m0/s1. The molecule has 2 aromatic carbocycles. The van der Waals surface area contributed by atoms with Crippen molar-refractivity contribution >= 4 is 50.8 Å². The summed E-state index contributed by atoms with van der Waals surface area (Å²) in [5, 5.41) is 1.01. The lowest BCUT2D eigenvalue weighted by Gasteiger charge is -2.36. The molecule has 4 unspecified atom stereocenters. The van der Waals surface area contributed by atoms with Gasteiger partial charge < -0.3 is 32.8 Å². The molecular weight excluding hydrogens is 889 g/mol. The smallest absolute Gasteiger partial charge is 0.457 e. The predicted octanol–water partition coefficient (Wildman–Crippen LogP) is 11.7. The van der Waals surface area contributed by atoms with Crippen LogP contribution in [0.15, 0.2) is 78.0 Å². The Morgan fingerprint density at radius 3 is 2.51 bits per heavy atom. The molecule has 0 bridgehead atoms. The Balaban J connectivity index is 0.792. The predicted molar refractivity (Wildman–Crippen MR) is 260 cm³/mol. The number of benzene rings is 2. The van der Waals surface area contributed by atoms with E-state index in [2.05, 4.69) is 54.6 Å². The summed E-state index contributed by atoms with van der Waals surface area (Å²) in [5.74, 6) is -0.489. The van der Waals surface area contributed by atoms with Crippen LogP contribution in [0.1, 0.15) is 135 Å². The molecule has 67 heavy (non-hydrogen) atoms. The second-order valence-corrected chi connectivity index (χ2v) is 23.2. The van der Waals surface area contributed by atoms with Crippen LogP contribution in [0.3, 0.4) is 0 Å². The molecule has 5 atom stereocenters. The summed E-state index contributed by atoms with van der Waals surface area (Å²) in [7, 11) is 3.35. The fourth-order valence-electron chi connectivity index (χ4n) is 10.9. The Hall–Kier alpha value is -5.28. The minimum absolute atomic E-state index is 0.0304. The zero-order valence-corrected chi connectivity index (χ0v) is 41.0. The monoisotopic (exact) mass is 948 g/mol. The molecule has 354 valence electrons. The molecule has 3 aromatic heterocycles. The van der Waals surface area contributed by atoms with E-state index in [1.165, 1.54) is 17.5 Å². The molecule has 4 aliphatic rings. The average Bonchev–Trinajstić information content (AvgIpc) is 3.99. The molecule has 0 spiro atoms. The van der Waals surface area contributed by atoms with Crippen LogP contribution in [0.25, 0.3) is 33.5 Å². The highest BCUT2D eigenvalue weighted by Crippen LogP contribution is 2.47. The summed E-state index contributed by atoms with van der Waals surface area (Å²) in [4.78, 5) is 64.1. The number of rotatable bonds is 15. The first-order valence-electron chi connectivity index (χ1n) is 23.6. The highest BCUT2D eigenvalue weighted by atomic mass is 33.1. The molecule has 1 fully saturated rings. The quantitative estimate of drug-likeness (QED) is 0.0546. The van der Waals surface area contributed by atoms with E-state index >= 15 is 0 Å². The highest BCUT2D eigenvalue weighted by molar-refractivity contribution is 8.77. The molecule has 1 aliphatic carbocycles. The largest absolute Gasteiger partial charge is 0.510 e. The number of cyclic esters (lactones) is 1. The summed E-state index contributed by atoms with van der Waals surface area (Å²) in [6, 6.07) is 20.0. The van der Waals surface area contributed by atoms with Gasteiger partial charge >= 0.3 is 18.3 Å². The fourth-order valence-corrected chi connectivity index (χ4v) is 13.7. The zero-order chi connectivity index (χ0) is 47.3. The van der Waals surface area contributed by atoms with Crippen molar-refractivity contribution in [1.82, 2.24) is 19.1 Å². The van der Waals surface area contributed by atoms with E-state index < -0.39 is 35.6 Å². The first kappa shape index (κ1) is 46.8. The minimum Gasteiger partial charge on any atom is -0.457 e. The van der Waals surface area contributed by atoms with Crippen molar-refractivity contribution in [1.29, 1.82) is 0 Å². The van der Waals surface area contributed by atoms with Gasteiger partial charge in [0.1, 0.15) is 24.4 Å². The summed E-state index contributed by atoms with van der Waals surface area (Å²) >= 11 is 0. The van der Waals surface area contributed by atoms with Crippen molar-refractivity contribution in [2.45, 2.75) is 159 Å². The highest BCUT2D eigenvalue weighted by Gasteiger charge is 2.51. The third-order valence-corrected chi connectivity index (χ3v) is 17.6. The number of imidazole rings is 1. The van der Waals surface area contributed by atoms with E-state index in [-0.39, 0.29) is 52.2 Å². The van der Waals surface area contributed by atoms with Gasteiger partial charge in [0.25, 0.3) is 5.56 Å². The lowest BCUT2D eigenvalue weighted by molar-refractivity contribution is -0.176. The molecule has 0 radical (unpaired) electrons. The Bertz CT molecular complexity index is 2760. The number of carbonyl (C=O) groups excluding carboxylic acids is 3. The first-order chi connectivity index (χ1) is 32.0. The summed E-state index contributed by atoms with van der Waals surface area (Å²) < 4.78 is 33.2. The third kappa shape index (κ3) is 9.47. The van der Waals surface area contributed by atoms with E-state index in [1.807, 2.05) is 56.7 Å². The second kappa shape index (κ2) is 18.7. The normalized spacial score (nSPS) is 20.1. The number of hydrogen-bond acceptors (Lipinski definition) is 13. The van der Waals surface area contributed by atoms with Crippen molar-refractivity contribution in [2.75, 3.05) is 0 Å². The van der Waals surface area contributed by atoms with Gasteiger partial charge in [0, 0.05) is 44.9 Å². The van der Waals surface area contributed by atoms with Crippen molar-refractivity contribution in [3.8, 4) is 22.6 Å². The van der Waals surface area contributed by atoms with Crippen LogP contribution in [0.2, 0.25) is 0 Å². The van der Waals surface area contributed by atoms with Crippen LogP contribution in [0.4, 0.5) is 9.59 Å². The Morgan fingerprint density at radius 2 is 1.72 bits per heavy atom. The van der Waals surface area contributed by atoms with Crippen LogP contribution in [0, 0.1) is 5.92 Å². The van der Waals surface area contributed by atoms with Crippen LogP contribution in [-0.4, -0.2) is 65.2 Å². The molecule has 9 rings (SSSR count). The summed E-state index contributed by atoms with van der Waals surface area (Å²) in [6.45, 7) is 13.8. The number of ether oxygens (including phenoxy) is 5. The number of hydrogen-bond donors (Lipinski definition) is 0. The SMILES string of the molecule is CC[C@@]1(OC(=O)OC(C)CC(C)SSC(C)(C)CC(C)(C)OC(=O)OC(CC2c3ccccc3-c3cncn32)C2CCCCC2)C(=O)OCc2c1cc1n(c2=O)Cc2cc3ccccc3nc2-1. The molecule has 5 aromatic rings. The van der Waals surface area contributed by atoms with E-state index in [0.717, 1.165) is 47.8 Å². The molecule has 15 heteroatoms. The maximum Gasteiger partial charge on any atom is 0.510 e. The number of esters is 1. The topological polar surface area (TPSA) is 150 Å². The van der Waals surface area contributed by atoms with E-state index in [9.17, 15) is 19.2 Å². The average molecular weight is 949 g/mol. The van der Waals surface area contributed by atoms with Crippen molar-refractivity contribution < 1.29 is 38.1 Å². The van der Waals surface area contributed by atoms with Gasteiger partial charge in [0.15, 0.2) is 0 Å². The number of carbonyl (C=O) groups is 3. The van der Waals surface area contributed by atoms with E-state index in [1.54, 1.807) is 46.1 Å². The molecule has 3 aliphatic heterocycles. The fraction of sp³-hybridized carbons (Fsp3) is 0.500. The first-order valence-corrected chi connectivity index (χ1v) is 25.8. The van der Waals surface area contributed by atoms with Gasteiger partial charge in [-0.1, -0.05) is 97.2 Å². The van der Waals surface area contributed by atoms with Gasteiger partial charge in [-0.25, -0.2) is 24.4 Å². The van der Waals surface area contributed by atoms with Crippen LogP contribution < -0.4 is 5.56 Å². The molecule has 0 amide bonds. The van der Waals surface area contributed by atoms with E-state index in [0.29, 0.717) is 42.8 Å². The number of pyridine rings is 2. The lowest BCUT2D eigenvalue weighted by Crippen LogP contribution is -2.47.